The Hall–Kier alpha value is -2.19. The first kappa shape index (κ1) is 13.8. The number of imide groups is 1. The van der Waals surface area contributed by atoms with Crippen molar-refractivity contribution in [2.24, 2.45) is 11.1 Å². The summed E-state index contributed by atoms with van der Waals surface area (Å²) in [5.74, 6) is 5.77. The first-order valence-electron chi connectivity index (χ1n) is 7.19. The molecule has 1 saturated carbocycles. The van der Waals surface area contributed by atoms with E-state index in [2.05, 4.69) is 16.8 Å². The fraction of sp³-hybridized carbons (Fsp3) is 0.438. The number of nitrogens with two attached hydrogens (primary N) is 1. The van der Waals surface area contributed by atoms with Gasteiger partial charge in [-0.15, -0.1) is 0 Å². The molecule has 1 aromatic rings. The van der Waals surface area contributed by atoms with Crippen LogP contribution in [0.1, 0.15) is 37.7 Å². The van der Waals surface area contributed by atoms with Gasteiger partial charge in [-0.2, -0.15) is 0 Å². The highest BCUT2D eigenvalue weighted by Gasteiger charge is 2.53. The van der Waals surface area contributed by atoms with Crippen LogP contribution >= 0.6 is 0 Å². The second kappa shape index (κ2) is 5.30. The summed E-state index contributed by atoms with van der Waals surface area (Å²) in [6.45, 7) is 0.266. The highest BCUT2D eigenvalue weighted by molar-refractivity contribution is 6.22. The molecule has 0 radical (unpaired) electrons. The van der Waals surface area contributed by atoms with E-state index in [0.717, 1.165) is 25.7 Å². The summed E-state index contributed by atoms with van der Waals surface area (Å²) in [7, 11) is 0. The van der Waals surface area contributed by atoms with Crippen LogP contribution in [0.25, 0.3) is 0 Å². The molecule has 1 aromatic heterocycles. The molecule has 2 N–H and O–H groups in total. The maximum absolute atomic E-state index is 12.7. The van der Waals surface area contributed by atoms with Gasteiger partial charge in [-0.3, -0.25) is 9.59 Å². The average Bonchev–Trinajstić information content (AvgIpc) is 3.04. The van der Waals surface area contributed by atoms with E-state index in [4.69, 9.17) is 5.73 Å². The predicted octanol–water partition coefficient (Wildman–Crippen LogP) is 1.22. The summed E-state index contributed by atoms with van der Waals surface area (Å²) in [5.41, 5.74) is 5.58. The summed E-state index contributed by atoms with van der Waals surface area (Å²) in [6, 6.07) is 3.41. The summed E-state index contributed by atoms with van der Waals surface area (Å²) in [6.07, 6.45) is 5.52. The first-order chi connectivity index (χ1) is 10.2. The second-order valence-corrected chi connectivity index (χ2v) is 5.61. The molecule has 2 heterocycles. The number of carbonyl (C=O) groups excluding carboxylic acids is 2. The molecule has 1 aliphatic carbocycles. The molecule has 0 bridgehead atoms. The van der Waals surface area contributed by atoms with Crippen LogP contribution < -0.4 is 10.6 Å². The quantitative estimate of drug-likeness (QED) is 0.621. The Labute approximate surface area is 123 Å². The zero-order chi connectivity index (χ0) is 14.9. The van der Waals surface area contributed by atoms with Crippen molar-refractivity contribution in [2.45, 2.75) is 32.1 Å². The topological polar surface area (TPSA) is 76.3 Å². The molecule has 0 atom stereocenters. The normalized spacial score (nSPS) is 20.0. The van der Waals surface area contributed by atoms with Gasteiger partial charge in [0, 0.05) is 18.2 Å². The highest BCUT2D eigenvalue weighted by atomic mass is 16.2. The molecule has 0 aromatic carbocycles. The molecule has 21 heavy (non-hydrogen) atoms. The van der Waals surface area contributed by atoms with Gasteiger partial charge in [0.05, 0.1) is 12.0 Å². The summed E-state index contributed by atoms with van der Waals surface area (Å²) in [4.78, 5) is 30.4. The maximum Gasteiger partial charge on any atom is 0.241 e. The first-order valence-corrected chi connectivity index (χ1v) is 7.19. The van der Waals surface area contributed by atoms with E-state index >= 15 is 0 Å². The number of hydrogen-bond acceptors (Lipinski definition) is 4. The third kappa shape index (κ3) is 2.32. The van der Waals surface area contributed by atoms with Crippen molar-refractivity contribution in [3.8, 4) is 11.8 Å². The molecular weight excluding hydrogens is 266 g/mol. The summed E-state index contributed by atoms with van der Waals surface area (Å²) >= 11 is 0. The fourth-order valence-corrected chi connectivity index (χ4v) is 3.24. The van der Waals surface area contributed by atoms with Gasteiger partial charge in [0.15, 0.2) is 0 Å². The van der Waals surface area contributed by atoms with Gasteiger partial charge in [0.1, 0.15) is 5.82 Å². The lowest BCUT2D eigenvalue weighted by atomic mass is 9.84. The van der Waals surface area contributed by atoms with Crippen molar-refractivity contribution in [1.29, 1.82) is 0 Å². The van der Waals surface area contributed by atoms with Crippen LogP contribution in [0.15, 0.2) is 18.3 Å². The van der Waals surface area contributed by atoms with E-state index in [1.165, 1.54) is 4.90 Å². The summed E-state index contributed by atoms with van der Waals surface area (Å²) in [5, 5.41) is 0. The third-order valence-corrected chi connectivity index (χ3v) is 4.27. The van der Waals surface area contributed by atoms with Crippen LogP contribution in [0.2, 0.25) is 0 Å². The van der Waals surface area contributed by atoms with Gasteiger partial charge in [0.2, 0.25) is 11.8 Å². The Morgan fingerprint density at radius 2 is 2.10 bits per heavy atom. The summed E-state index contributed by atoms with van der Waals surface area (Å²) < 4.78 is 0. The zero-order valence-electron chi connectivity index (χ0n) is 11.8. The number of hydrogen-bond donors (Lipinski definition) is 1. The van der Waals surface area contributed by atoms with Crippen molar-refractivity contribution >= 4 is 17.6 Å². The molecule has 0 unspecified atom stereocenters. The van der Waals surface area contributed by atoms with Gasteiger partial charge in [-0.1, -0.05) is 24.7 Å². The van der Waals surface area contributed by atoms with Gasteiger partial charge < -0.3 is 5.73 Å². The molecule has 3 rings (SSSR count). The molecule has 1 saturated heterocycles. The molecule has 2 amide bonds. The number of carbonyl (C=O) groups is 2. The van der Waals surface area contributed by atoms with Gasteiger partial charge >= 0.3 is 0 Å². The number of rotatable bonds is 1. The van der Waals surface area contributed by atoms with E-state index in [1.807, 2.05) is 0 Å². The fourth-order valence-electron chi connectivity index (χ4n) is 3.24. The number of pyridine rings is 1. The molecule has 108 valence electrons. The van der Waals surface area contributed by atoms with Crippen molar-refractivity contribution in [3.63, 3.8) is 0 Å². The minimum Gasteiger partial charge on any atom is -0.320 e. The number of anilines is 1. The maximum atomic E-state index is 12.7. The minimum absolute atomic E-state index is 0.0959. The second-order valence-electron chi connectivity index (χ2n) is 5.61. The van der Waals surface area contributed by atoms with E-state index in [-0.39, 0.29) is 18.4 Å². The molecule has 2 fully saturated rings. The molecule has 2 aliphatic rings. The van der Waals surface area contributed by atoms with Gasteiger partial charge in [0.25, 0.3) is 0 Å². The van der Waals surface area contributed by atoms with E-state index in [1.54, 1.807) is 18.3 Å². The Balaban J connectivity index is 1.93. The monoisotopic (exact) mass is 283 g/mol. The van der Waals surface area contributed by atoms with Crippen molar-refractivity contribution < 1.29 is 9.59 Å². The van der Waals surface area contributed by atoms with Crippen molar-refractivity contribution in [1.82, 2.24) is 4.98 Å². The third-order valence-electron chi connectivity index (χ3n) is 4.27. The lowest BCUT2D eigenvalue weighted by Gasteiger charge is -2.20. The average molecular weight is 283 g/mol. The molecule has 1 spiro atoms. The van der Waals surface area contributed by atoms with E-state index in [9.17, 15) is 9.59 Å². The Morgan fingerprint density at radius 3 is 2.81 bits per heavy atom. The van der Waals surface area contributed by atoms with Crippen LogP contribution in [0, 0.1) is 17.3 Å². The molecule has 5 heteroatoms. The number of amides is 2. The molecule has 5 nitrogen and oxygen atoms in total. The lowest BCUT2D eigenvalue weighted by molar-refractivity contribution is -0.125. The largest absolute Gasteiger partial charge is 0.320 e. The van der Waals surface area contributed by atoms with Crippen LogP contribution in [0.3, 0.4) is 0 Å². The number of aromatic nitrogens is 1. The van der Waals surface area contributed by atoms with Crippen LogP contribution in [-0.4, -0.2) is 23.3 Å². The van der Waals surface area contributed by atoms with Crippen molar-refractivity contribution in [2.75, 3.05) is 11.4 Å². The lowest BCUT2D eigenvalue weighted by Crippen LogP contribution is -2.35. The number of nitrogens with zero attached hydrogens (tertiary/aromatic N) is 2. The minimum atomic E-state index is -0.474. The molecule has 1 aliphatic heterocycles. The predicted molar refractivity (Wildman–Crippen MR) is 78.2 cm³/mol. The van der Waals surface area contributed by atoms with E-state index in [0.29, 0.717) is 17.8 Å². The van der Waals surface area contributed by atoms with Crippen LogP contribution in [0.5, 0.6) is 0 Å². The van der Waals surface area contributed by atoms with Crippen molar-refractivity contribution in [3.05, 3.63) is 23.9 Å². The van der Waals surface area contributed by atoms with Crippen LogP contribution in [-0.2, 0) is 9.59 Å². The smallest absolute Gasteiger partial charge is 0.241 e. The Morgan fingerprint density at radius 1 is 1.33 bits per heavy atom. The van der Waals surface area contributed by atoms with Gasteiger partial charge in [-0.05, 0) is 25.0 Å². The highest BCUT2D eigenvalue weighted by Crippen LogP contribution is 2.47. The Kier molecular flexibility index (Phi) is 3.48. The zero-order valence-corrected chi connectivity index (χ0v) is 11.8. The SMILES string of the molecule is NCC#Cc1ccnc(N2C(=O)CC3(CCCC3)C2=O)c1. The Bertz CT molecular complexity index is 651. The molecular formula is C16H17N3O2. The van der Waals surface area contributed by atoms with Gasteiger partial charge in [-0.25, -0.2) is 9.88 Å². The van der Waals surface area contributed by atoms with E-state index < -0.39 is 5.41 Å². The standard InChI is InChI=1S/C16H17N3O2/c17-8-3-4-12-5-9-18-13(10-12)19-14(20)11-16(15(19)21)6-1-2-7-16/h5,9-10H,1-2,6-8,11,17H2. The van der Waals surface area contributed by atoms with Crippen LogP contribution in [0.4, 0.5) is 5.82 Å².